The summed E-state index contributed by atoms with van der Waals surface area (Å²) < 4.78 is 24.5. The molecule has 0 bridgehead atoms. The summed E-state index contributed by atoms with van der Waals surface area (Å²) in [7, 11) is 0. The first kappa shape index (κ1) is 10.1. The Balaban J connectivity index is 3.39. The first-order valence-electron chi connectivity index (χ1n) is 3.46. The number of nitrogens with two attached hydrogens (primary N) is 1. The topological polar surface area (TPSA) is 58.9 Å². The van der Waals surface area contributed by atoms with Gasteiger partial charge in [0, 0.05) is 18.3 Å². The minimum atomic E-state index is -2.89. The Hall–Kier alpha value is -0.940. The summed E-state index contributed by atoms with van der Waals surface area (Å²) in [5.74, 6) is 0. The molecular weight excluding hydrogens is 202 g/mol. The maximum Gasteiger partial charge on any atom is 0.270 e. The maximum atomic E-state index is 12.3. The quantitative estimate of drug-likeness (QED) is 0.723. The van der Waals surface area contributed by atoms with E-state index in [0.29, 0.717) is 0 Å². The zero-order valence-corrected chi connectivity index (χ0v) is 7.24. The SMILES string of the molecule is NCc1c[nH]c(Cl)c(C(F)F)c1=O. The molecule has 0 aliphatic carbocycles. The van der Waals surface area contributed by atoms with Crippen LogP contribution in [0.1, 0.15) is 17.6 Å². The van der Waals surface area contributed by atoms with Gasteiger partial charge in [-0.2, -0.15) is 0 Å². The van der Waals surface area contributed by atoms with E-state index < -0.39 is 17.4 Å². The molecule has 0 atom stereocenters. The van der Waals surface area contributed by atoms with Crippen molar-refractivity contribution < 1.29 is 8.78 Å². The highest BCUT2D eigenvalue weighted by Crippen LogP contribution is 2.21. The first-order valence-corrected chi connectivity index (χ1v) is 3.84. The van der Waals surface area contributed by atoms with Gasteiger partial charge in [0.15, 0.2) is 5.43 Å². The molecule has 0 spiro atoms. The molecule has 0 saturated carbocycles. The van der Waals surface area contributed by atoms with Crippen LogP contribution < -0.4 is 11.2 Å². The van der Waals surface area contributed by atoms with E-state index in [9.17, 15) is 13.6 Å². The van der Waals surface area contributed by atoms with Crippen LogP contribution in [0.25, 0.3) is 0 Å². The second-order valence-electron chi connectivity index (χ2n) is 2.38. The molecule has 0 unspecified atom stereocenters. The van der Waals surface area contributed by atoms with Gasteiger partial charge in [-0.15, -0.1) is 0 Å². The molecular formula is C7H7ClF2N2O. The van der Waals surface area contributed by atoms with Crippen molar-refractivity contribution in [3.05, 3.63) is 32.7 Å². The van der Waals surface area contributed by atoms with E-state index in [1.54, 1.807) is 0 Å². The van der Waals surface area contributed by atoms with Gasteiger partial charge in [0.05, 0.1) is 0 Å². The Bertz CT molecular complexity index is 364. The first-order chi connectivity index (χ1) is 6.07. The monoisotopic (exact) mass is 208 g/mol. The molecule has 72 valence electrons. The molecule has 0 aliphatic heterocycles. The fourth-order valence-electron chi connectivity index (χ4n) is 0.913. The van der Waals surface area contributed by atoms with Gasteiger partial charge in [-0.1, -0.05) is 11.6 Å². The number of halogens is 3. The summed E-state index contributed by atoms with van der Waals surface area (Å²) in [6.45, 7) is -0.0910. The highest BCUT2D eigenvalue weighted by Gasteiger charge is 2.18. The Morgan fingerprint density at radius 2 is 2.23 bits per heavy atom. The summed E-state index contributed by atoms with van der Waals surface area (Å²) in [6, 6.07) is 0. The van der Waals surface area contributed by atoms with Crippen LogP contribution >= 0.6 is 11.6 Å². The number of rotatable bonds is 2. The van der Waals surface area contributed by atoms with Crippen LogP contribution in [0.3, 0.4) is 0 Å². The Morgan fingerprint density at radius 3 is 2.69 bits per heavy atom. The van der Waals surface area contributed by atoms with E-state index in [-0.39, 0.29) is 17.3 Å². The Morgan fingerprint density at radius 1 is 1.62 bits per heavy atom. The molecule has 0 fully saturated rings. The van der Waals surface area contributed by atoms with Gasteiger partial charge in [0.25, 0.3) is 6.43 Å². The summed E-state index contributed by atoms with van der Waals surface area (Å²) in [6.07, 6.45) is -1.65. The summed E-state index contributed by atoms with van der Waals surface area (Å²) in [4.78, 5) is 13.5. The minimum absolute atomic E-state index is 0.0910. The van der Waals surface area contributed by atoms with Crippen LogP contribution in [-0.2, 0) is 6.54 Å². The van der Waals surface area contributed by atoms with Gasteiger partial charge in [-0.3, -0.25) is 4.79 Å². The zero-order valence-electron chi connectivity index (χ0n) is 6.48. The number of alkyl halides is 2. The lowest BCUT2D eigenvalue weighted by Crippen LogP contribution is -2.18. The third-order valence-electron chi connectivity index (χ3n) is 1.58. The van der Waals surface area contributed by atoms with Gasteiger partial charge in [0.1, 0.15) is 10.7 Å². The van der Waals surface area contributed by atoms with Gasteiger partial charge in [-0.05, 0) is 0 Å². The number of H-pyrrole nitrogens is 1. The van der Waals surface area contributed by atoms with E-state index in [2.05, 4.69) is 4.98 Å². The number of hydrogen-bond donors (Lipinski definition) is 2. The van der Waals surface area contributed by atoms with Gasteiger partial charge in [-0.25, -0.2) is 8.78 Å². The van der Waals surface area contributed by atoms with Crippen molar-refractivity contribution in [3.8, 4) is 0 Å². The van der Waals surface area contributed by atoms with E-state index in [1.165, 1.54) is 6.20 Å². The van der Waals surface area contributed by atoms with Crippen molar-refractivity contribution in [2.24, 2.45) is 5.73 Å². The Kier molecular flexibility index (Phi) is 3.00. The lowest BCUT2D eigenvalue weighted by molar-refractivity contribution is 0.149. The van der Waals surface area contributed by atoms with Crippen molar-refractivity contribution in [3.63, 3.8) is 0 Å². The van der Waals surface area contributed by atoms with Crippen molar-refractivity contribution >= 4 is 11.6 Å². The minimum Gasteiger partial charge on any atom is -0.351 e. The normalized spacial score (nSPS) is 10.8. The molecule has 0 amide bonds. The molecule has 0 aliphatic rings. The third-order valence-corrected chi connectivity index (χ3v) is 1.90. The van der Waals surface area contributed by atoms with E-state index in [1.807, 2.05) is 0 Å². The molecule has 1 aromatic rings. The largest absolute Gasteiger partial charge is 0.351 e. The van der Waals surface area contributed by atoms with Crippen LogP contribution in [0.15, 0.2) is 11.0 Å². The molecule has 1 aromatic heterocycles. The lowest BCUT2D eigenvalue weighted by Gasteiger charge is -2.03. The summed E-state index contributed by atoms with van der Waals surface area (Å²) in [5, 5.41) is -0.336. The molecule has 0 saturated heterocycles. The van der Waals surface area contributed by atoms with Gasteiger partial charge < -0.3 is 10.7 Å². The lowest BCUT2D eigenvalue weighted by atomic mass is 10.2. The average molecular weight is 209 g/mol. The zero-order chi connectivity index (χ0) is 10.0. The molecule has 1 rings (SSSR count). The van der Waals surface area contributed by atoms with Gasteiger partial charge in [0.2, 0.25) is 0 Å². The molecule has 3 nitrogen and oxygen atoms in total. The number of pyridine rings is 1. The van der Waals surface area contributed by atoms with Crippen LogP contribution in [0, 0.1) is 0 Å². The van der Waals surface area contributed by atoms with Crippen molar-refractivity contribution in [1.82, 2.24) is 4.98 Å². The number of aromatic nitrogens is 1. The second kappa shape index (κ2) is 3.85. The fraction of sp³-hybridized carbons (Fsp3) is 0.286. The average Bonchev–Trinajstić information content (AvgIpc) is 2.04. The van der Waals surface area contributed by atoms with Crippen LogP contribution in [0.5, 0.6) is 0 Å². The van der Waals surface area contributed by atoms with E-state index >= 15 is 0 Å². The molecule has 1 heterocycles. The molecule has 0 aromatic carbocycles. The molecule has 13 heavy (non-hydrogen) atoms. The standard InChI is InChI=1S/C7H7ClF2N2O/c8-6-4(7(9)10)5(13)3(1-11)2-12-6/h2,7H,1,11H2,(H,12,13). The second-order valence-corrected chi connectivity index (χ2v) is 2.75. The number of nitrogens with one attached hydrogen (secondary N) is 1. The highest BCUT2D eigenvalue weighted by molar-refractivity contribution is 6.30. The van der Waals surface area contributed by atoms with Crippen LogP contribution in [0.4, 0.5) is 8.78 Å². The molecule has 0 radical (unpaired) electrons. The predicted octanol–water partition coefficient (Wildman–Crippen LogP) is 1.42. The van der Waals surface area contributed by atoms with Gasteiger partial charge >= 0.3 is 0 Å². The molecule has 6 heteroatoms. The van der Waals surface area contributed by atoms with E-state index in [4.69, 9.17) is 17.3 Å². The molecule has 3 N–H and O–H groups in total. The predicted molar refractivity (Wildman–Crippen MR) is 44.9 cm³/mol. The number of aromatic amines is 1. The van der Waals surface area contributed by atoms with E-state index in [0.717, 1.165) is 0 Å². The fourth-order valence-corrected chi connectivity index (χ4v) is 1.14. The van der Waals surface area contributed by atoms with Crippen molar-refractivity contribution in [1.29, 1.82) is 0 Å². The third kappa shape index (κ3) is 1.87. The smallest absolute Gasteiger partial charge is 0.270 e. The summed E-state index contributed by atoms with van der Waals surface area (Å²) >= 11 is 5.38. The Labute approximate surface area is 77.5 Å². The van der Waals surface area contributed by atoms with Crippen LogP contribution in [-0.4, -0.2) is 4.98 Å². The summed E-state index contributed by atoms with van der Waals surface area (Å²) in [5.41, 5.74) is 3.75. The van der Waals surface area contributed by atoms with Crippen molar-refractivity contribution in [2.75, 3.05) is 0 Å². The highest BCUT2D eigenvalue weighted by atomic mass is 35.5. The number of hydrogen-bond acceptors (Lipinski definition) is 2. The van der Waals surface area contributed by atoms with Crippen molar-refractivity contribution in [2.45, 2.75) is 13.0 Å². The maximum absolute atomic E-state index is 12.3. The van der Waals surface area contributed by atoms with Crippen LogP contribution in [0.2, 0.25) is 5.15 Å².